The maximum Gasteiger partial charge on any atom is 0.446 e. The van der Waals surface area contributed by atoms with Crippen LogP contribution in [0.3, 0.4) is 0 Å². The molecule has 130 valence electrons. The average Bonchev–Trinajstić information content (AvgIpc) is 2.46. The van der Waals surface area contributed by atoms with Crippen molar-refractivity contribution < 1.29 is 21.9 Å². The smallest absolute Gasteiger partial charge is 0.429 e. The first kappa shape index (κ1) is 19.2. The first-order valence-corrected chi connectivity index (χ1v) is 9.10. The second-order valence-corrected chi connectivity index (χ2v) is 9.14. The Hall–Kier alpha value is -1.08. The van der Waals surface area contributed by atoms with E-state index in [1.54, 1.807) is 12.1 Å². The van der Waals surface area contributed by atoms with Crippen molar-refractivity contribution in [1.29, 1.82) is 0 Å². The van der Waals surface area contributed by atoms with Crippen molar-refractivity contribution in [1.82, 2.24) is 0 Å². The lowest BCUT2D eigenvalue weighted by Crippen LogP contribution is -2.39. The van der Waals surface area contributed by atoms with E-state index < -0.39 is 19.7 Å². The molecule has 3 nitrogen and oxygen atoms in total. The van der Waals surface area contributed by atoms with Crippen LogP contribution in [0.4, 0.5) is 8.78 Å². The SMILES string of the molecule is Cc1ccc(S(=O)(=O)c2ccc(OC(F)(F)C(Cl)(Cl)Cl)cc2)cc1. The number of rotatable bonds is 4. The summed E-state index contributed by atoms with van der Waals surface area (Å²) in [6.07, 6.45) is -4.07. The third kappa shape index (κ3) is 4.11. The van der Waals surface area contributed by atoms with Crippen molar-refractivity contribution >= 4 is 44.6 Å². The van der Waals surface area contributed by atoms with E-state index in [-0.39, 0.29) is 15.5 Å². The van der Waals surface area contributed by atoms with Gasteiger partial charge in [-0.15, -0.1) is 0 Å². The molecule has 0 fully saturated rings. The Bertz CT molecular complexity index is 815. The van der Waals surface area contributed by atoms with Gasteiger partial charge in [-0.1, -0.05) is 52.5 Å². The Balaban J connectivity index is 2.28. The predicted molar refractivity (Wildman–Crippen MR) is 88.9 cm³/mol. The van der Waals surface area contributed by atoms with Gasteiger partial charge in [0.25, 0.3) is 3.79 Å². The number of aryl methyl sites for hydroxylation is 1. The number of hydrogen-bond acceptors (Lipinski definition) is 3. The van der Waals surface area contributed by atoms with Crippen LogP contribution in [0.1, 0.15) is 5.56 Å². The van der Waals surface area contributed by atoms with Gasteiger partial charge in [0, 0.05) is 0 Å². The largest absolute Gasteiger partial charge is 0.446 e. The van der Waals surface area contributed by atoms with Crippen molar-refractivity contribution in [3.05, 3.63) is 54.1 Å². The van der Waals surface area contributed by atoms with E-state index in [2.05, 4.69) is 4.74 Å². The van der Waals surface area contributed by atoms with Gasteiger partial charge in [-0.3, -0.25) is 0 Å². The molecular formula is C15H11Cl3F2O3S. The standard InChI is InChI=1S/C15H11Cl3F2O3S/c1-10-2-6-12(7-3-10)24(21,22)13-8-4-11(5-9-13)23-15(19,20)14(16,17)18/h2-9H,1H3. The van der Waals surface area contributed by atoms with Crippen LogP contribution in [0.15, 0.2) is 58.3 Å². The lowest BCUT2D eigenvalue weighted by molar-refractivity contribution is -0.171. The van der Waals surface area contributed by atoms with Crippen LogP contribution in [0, 0.1) is 6.92 Å². The van der Waals surface area contributed by atoms with Crippen molar-refractivity contribution in [3.8, 4) is 5.75 Å². The summed E-state index contributed by atoms with van der Waals surface area (Å²) < 4.78 is 53.3. The summed E-state index contributed by atoms with van der Waals surface area (Å²) >= 11 is 15.4. The molecule has 24 heavy (non-hydrogen) atoms. The molecule has 0 bridgehead atoms. The number of halogens is 5. The van der Waals surface area contributed by atoms with Gasteiger partial charge in [-0.2, -0.15) is 8.78 Å². The van der Waals surface area contributed by atoms with Crippen LogP contribution in [0.25, 0.3) is 0 Å². The lowest BCUT2D eigenvalue weighted by atomic mass is 10.2. The zero-order valence-electron chi connectivity index (χ0n) is 12.1. The second kappa shape index (κ2) is 6.67. The Labute approximate surface area is 153 Å². The minimum Gasteiger partial charge on any atom is -0.429 e. The normalized spacial score (nSPS) is 12.9. The molecule has 0 radical (unpaired) electrons. The maximum atomic E-state index is 13.5. The quantitative estimate of drug-likeness (QED) is 0.647. The van der Waals surface area contributed by atoms with Crippen LogP contribution in [-0.4, -0.2) is 18.3 Å². The first-order valence-electron chi connectivity index (χ1n) is 6.49. The highest BCUT2D eigenvalue weighted by atomic mass is 35.6. The molecule has 0 atom stereocenters. The third-order valence-corrected chi connectivity index (χ3v) is 5.49. The molecule has 0 N–H and O–H groups in total. The number of sulfone groups is 1. The molecule has 0 aliphatic heterocycles. The maximum absolute atomic E-state index is 13.5. The van der Waals surface area contributed by atoms with Crippen molar-refractivity contribution in [2.45, 2.75) is 26.6 Å². The molecular weight excluding hydrogens is 405 g/mol. The summed E-state index contributed by atoms with van der Waals surface area (Å²) in [5.74, 6) is -0.339. The fourth-order valence-corrected chi connectivity index (χ4v) is 3.12. The molecule has 9 heteroatoms. The average molecular weight is 416 g/mol. The van der Waals surface area contributed by atoms with Crippen LogP contribution in [-0.2, 0) is 9.84 Å². The van der Waals surface area contributed by atoms with Gasteiger partial charge in [-0.05, 0) is 43.3 Å². The van der Waals surface area contributed by atoms with Crippen LogP contribution in [0.2, 0.25) is 0 Å². The zero-order valence-corrected chi connectivity index (χ0v) is 15.2. The molecule has 0 spiro atoms. The van der Waals surface area contributed by atoms with Gasteiger partial charge in [0.15, 0.2) is 0 Å². The van der Waals surface area contributed by atoms with Crippen LogP contribution >= 0.6 is 34.8 Å². The van der Waals surface area contributed by atoms with E-state index in [0.29, 0.717) is 0 Å². The molecule has 2 aromatic carbocycles. The molecule has 2 rings (SSSR count). The fraction of sp³-hybridized carbons (Fsp3) is 0.200. The minimum absolute atomic E-state index is 0.0732. The number of alkyl halides is 5. The van der Waals surface area contributed by atoms with Gasteiger partial charge in [-0.25, -0.2) is 8.42 Å². The minimum atomic E-state index is -4.07. The summed E-state index contributed by atoms with van der Waals surface area (Å²) in [7, 11) is -3.77. The summed E-state index contributed by atoms with van der Waals surface area (Å²) in [6, 6.07) is 10.6. The fourth-order valence-electron chi connectivity index (χ4n) is 1.75. The molecule has 0 saturated heterocycles. The summed E-state index contributed by atoms with van der Waals surface area (Å²) in [4.78, 5) is 0.0179. The molecule has 0 aliphatic rings. The van der Waals surface area contributed by atoms with Gasteiger partial charge >= 0.3 is 6.11 Å². The van der Waals surface area contributed by atoms with Crippen molar-refractivity contribution in [2.24, 2.45) is 0 Å². The van der Waals surface area contributed by atoms with E-state index >= 15 is 0 Å². The summed E-state index contributed by atoms with van der Waals surface area (Å²) in [5.41, 5.74) is 0.909. The van der Waals surface area contributed by atoms with Gasteiger partial charge < -0.3 is 4.74 Å². The molecule has 0 aromatic heterocycles. The third-order valence-electron chi connectivity index (χ3n) is 3.04. The van der Waals surface area contributed by atoms with Crippen LogP contribution in [0.5, 0.6) is 5.75 Å². The molecule has 0 heterocycles. The van der Waals surface area contributed by atoms with E-state index in [1.807, 2.05) is 6.92 Å². The highest BCUT2D eigenvalue weighted by molar-refractivity contribution is 7.91. The molecule has 0 saturated carbocycles. The number of benzene rings is 2. The lowest BCUT2D eigenvalue weighted by Gasteiger charge is -2.24. The second-order valence-electron chi connectivity index (χ2n) is 4.90. The Morgan fingerprint density at radius 3 is 1.71 bits per heavy atom. The Kier molecular flexibility index (Phi) is 5.35. The number of hydrogen-bond donors (Lipinski definition) is 0. The monoisotopic (exact) mass is 414 g/mol. The highest BCUT2D eigenvalue weighted by Gasteiger charge is 2.53. The summed E-state index contributed by atoms with van der Waals surface area (Å²) in [6.45, 7) is 1.83. The van der Waals surface area contributed by atoms with E-state index in [4.69, 9.17) is 34.8 Å². The van der Waals surface area contributed by atoms with Gasteiger partial charge in [0.1, 0.15) is 5.75 Å². The topological polar surface area (TPSA) is 43.4 Å². The van der Waals surface area contributed by atoms with Gasteiger partial charge in [0.05, 0.1) is 9.79 Å². The molecule has 0 aliphatic carbocycles. The van der Waals surface area contributed by atoms with E-state index in [1.165, 1.54) is 12.1 Å². The Morgan fingerprint density at radius 1 is 0.875 bits per heavy atom. The van der Waals surface area contributed by atoms with E-state index in [9.17, 15) is 17.2 Å². The van der Waals surface area contributed by atoms with Crippen molar-refractivity contribution in [3.63, 3.8) is 0 Å². The Morgan fingerprint density at radius 2 is 1.29 bits per heavy atom. The van der Waals surface area contributed by atoms with E-state index in [0.717, 1.165) is 29.8 Å². The summed E-state index contributed by atoms with van der Waals surface area (Å²) in [5, 5.41) is 0. The molecule has 0 unspecified atom stereocenters. The molecule has 0 amide bonds. The highest BCUT2D eigenvalue weighted by Crippen LogP contribution is 2.43. The van der Waals surface area contributed by atoms with Crippen molar-refractivity contribution in [2.75, 3.05) is 0 Å². The van der Waals surface area contributed by atoms with Gasteiger partial charge in [0.2, 0.25) is 9.84 Å². The molecule has 2 aromatic rings. The number of ether oxygens (including phenoxy) is 1. The predicted octanol–water partition coefficient (Wildman–Crippen LogP) is 5.17. The zero-order chi connectivity index (χ0) is 18.2. The van der Waals surface area contributed by atoms with Crippen LogP contribution < -0.4 is 4.74 Å². The first-order chi connectivity index (χ1) is 10.9.